The SMILES string of the molecule is CCCCCC(CCC(F)(F)C(F)(F)C(F)(F)C(F)(F)F)N=[N+]=[N-]. The molecule has 0 rings (SSSR count). The highest BCUT2D eigenvalue weighted by atomic mass is 19.4. The van der Waals surface area contributed by atoms with E-state index in [9.17, 15) is 39.5 Å². The van der Waals surface area contributed by atoms with Crippen LogP contribution in [0.2, 0.25) is 0 Å². The van der Waals surface area contributed by atoms with Gasteiger partial charge in [-0.1, -0.05) is 31.3 Å². The van der Waals surface area contributed by atoms with Gasteiger partial charge >= 0.3 is 23.9 Å². The highest BCUT2D eigenvalue weighted by Crippen LogP contribution is 2.54. The van der Waals surface area contributed by atoms with E-state index in [1.807, 2.05) is 0 Å². The van der Waals surface area contributed by atoms with Crippen molar-refractivity contribution < 1.29 is 39.5 Å². The number of nitrogens with zero attached hydrogens (tertiary/aromatic N) is 3. The summed E-state index contributed by atoms with van der Waals surface area (Å²) in [7, 11) is 0. The first-order valence-electron chi connectivity index (χ1n) is 6.99. The number of rotatable bonds is 10. The Morgan fingerprint density at radius 3 is 1.83 bits per heavy atom. The second-order valence-electron chi connectivity index (χ2n) is 5.24. The van der Waals surface area contributed by atoms with Gasteiger partial charge in [0.05, 0.1) is 0 Å². The summed E-state index contributed by atoms with van der Waals surface area (Å²) in [5.74, 6) is -19.1. The molecule has 3 nitrogen and oxygen atoms in total. The third-order valence-electron chi connectivity index (χ3n) is 3.36. The Hall–Kier alpha value is -1.32. The Balaban J connectivity index is 5.13. The number of alkyl halides is 9. The molecule has 0 N–H and O–H groups in total. The van der Waals surface area contributed by atoms with Gasteiger partial charge in [0.25, 0.3) is 0 Å². The molecule has 0 aromatic heterocycles. The Morgan fingerprint density at radius 1 is 0.875 bits per heavy atom. The van der Waals surface area contributed by atoms with Gasteiger partial charge in [0.1, 0.15) is 0 Å². The summed E-state index contributed by atoms with van der Waals surface area (Å²) in [5, 5.41) is 3.08. The Kier molecular flexibility index (Phi) is 7.72. The molecule has 0 heterocycles. The Morgan fingerprint density at radius 2 is 1.42 bits per heavy atom. The predicted molar refractivity (Wildman–Crippen MR) is 67.2 cm³/mol. The first-order valence-corrected chi connectivity index (χ1v) is 6.99. The minimum absolute atomic E-state index is 0.0369. The molecule has 0 aliphatic rings. The van der Waals surface area contributed by atoms with Crippen molar-refractivity contribution in [2.24, 2.45) is 5.11 Å². The molecule has 0 bridgehead atoms. The summed E-state index contributed by atoms with van der Waals surface area (Å²) in [5.41, 5.74) is 8.27. The lowest BCUT2D eigenvalue weighted by molar-refractivity contribution is -0.396. The molecule has 0 fully saturated rings. The molecule has 0 radical (unpaired) electrons. The van der Waals surface area contributed by atoms with Crippen molar-refractivity contribution in [1.29, 1.82) is 0 Å². The van der Waals surface area contributed by atoms with Crippen molar-refractivity contribution in [2.45, 2.75) is 75.4 Å². The number of hydrogen-bond acceptors (Lipinski definition) is 1. The maximum absolute atomic E-state index is 13.4. The molecule has 0 aromatic rings. The largest absolute Gasteiger partial charge is 0.460 e. The molecule has 0 aliphatic carbocycles. The molecule has 1 unspecified atom stereocenters. The smallest absolute Gasteiger partial charge is 0.200 e. The van der Waals surface area contributed by atoms with Gasteiger partial charge < -0.3 is 0 Å². The van der Waals surface area contributed by atoms with Crippen LogP contribution in [0.1, 0.15) is 45.4 Å². The van der Waals surface area contributed by atoms with Crippen LogP contribution in [-0.4, -0.2) is 30.0 Å². The fourth-order valence-electron chi connectivity index (χ4n) is 1.88. The molecule has 12 heteroatoms. The van der Waals surface area contributed by atoms with Gasteiger partial charge in [-0.15, -0.1) is 0 Å². The summed E-state index contributed by atoms with van der Waals surface area (Å²) < 4.78 is 114. The topological polar surface area (TPSA) is 48.8 Å². The van der Waals surface area contributed by atoms with Crippen LogP contribution in [0, 0.1) is 0 Å². The van der Waals surface area contributed by atoms with Gasteiger partial charge in [0.2, 0.25) is 0 Å². The minimum atomic E-state index is -6.89. The fraction of sp³-hybridized carbons (Fsp3) is 1.00. The molecule has 1 atom stereocenters. The van der Waals surface area contributed by atoms with E-state index in [4.69, 9.17) is 5.53 Å². The van der Waals surface area contributed by atoms with Crippen LogP contribution in [0.3, 0.4) is 0 Å². The number of hydrogen-bond donors (Lipinski definition) is 0. The molecule has 0 saturated carbocycles. The first-order chi connectivity index (χ1) is 10.7. The van der Waals surface area contributed by atoms with Crippen molar-refractivity contribution in [1.82, 2.24) is 0 Å². The Bertz CT molecular complexity index is 442. The monoisotopic (exact) mass is 373 g/mol. The molecule has 142 valence electrons. The van der Waals surface area contributed by atoms with E-state index in [1.165, 1.54) is 0 Å². The van der Waals surface area contributed by atoms with Crippen LogP contribution in [0.15, 0.2) is 5.11 Å². The lowest BCUT2D eigenvalue weighted by Gasteiger charge is -2.34. The number of halogens is 9. The van der Waals surface area contributed by atoms with Crippen LogP contribution in [-0.2, 0) is 0 Å². The number of azide groups is 1. The predicted octanol–water partition coefficient (Wildman–Crippen LogP) is 6.49. The third kappa shape index (κ3) is 5.09. The van der Waals surface area contributed by atoms with Gasteiger partial charge in [0, 0.05) is 17.4 Å². The van der Waals surface area contributed by atoms with Crippen molar-refractivity contribution in [3.05, 3.63) is 10.4 Å². The van der Waals surface area contributed by atoms with Crippen molar-refractivity contribution in [2.75, 3.05) is 0 Å². The van der Waals surface area contributed by atoms with Crippen LogP contribution in [0.4, 0.5) is 39.5 Å². The molecule has 0 amide bonds. The normalized spacial score (nSPS) is 15.1. The lowest BCUT2D eigenvalue weighted by Crippen LogP contribution is -2.60. The molecule has 0 aromatic carbocycles. The Labute approximate surface area is 131 Å². The third-order valence-corrected chi connectivity index (χ3v) is 3.36. The lowest BCUT2D eigenvalue weighted by atomic mass is 9.96. The van der Waals surface area contributed by atoms with Crippen LogP contribution >= 0.6 is 0 Å². The van der Waals surface area contributed by atoms with Gasteiger partial charge in [0.15, 0.2) is 0 Å². The summed E-state index contributed by atoms with van der Waals surface area (Å²) >= 11 is 0. The summed E-state index contributed by atoms with van der Waals surface area (Å²) in [6, 6.07) is -1.19. The van der Waals surface area contributed by atoms with E-state index in [0.717, 1.165) is 6.42 Å². The van der Waals surface area contributed by atoms with Crippen molar-refractivity contribution in [3.8, 4) is 0 Å². The average Bonchev–Trinajstić information content (AvgIpc) is 2.43. The van der Waals surface area contributed by atoms with Crippen LogP contribution in [0.5, 0.6) is 0 Å². The van der Waals surface area contributed by atoms with E-state index in [1.54, 1.807) is 6.92 Å². The maximum Gasteiger partial charge on any atom is 0.460 e. The van der Waals surface area contributed by atoms with Gasteiger partial charge in [-0.05, 0) is 18.4 Å². The van der Waals surface area contributed by atoms with E-state index >= 15 is 0 Å². The van der Waals surface area contributed by atoms with E-state index in [2.05, 4.69) is 10.0 Å². The average molecular weight is 373 g/mol. The fourth-order valence-corrected chi connectivity index (χ4v) is 1.88. The van der Waals surface area contributed by atoms with Gasteiger partial charge in [-0.25, -0.2) is 0 Å². The summed E-state index contributed by atoms with van der Waals surface area (Å²) in [6.45, 7) is 1.80. The van der Waals surface area contributed by atoms with Gasteiger partial charge in [-0.3, -0.25) is 0 Å². The highest BCUT2D eigenvalue weighted by Gasteiger charge is 2.81. The summed E-state index contributed by atoms with van der Waals surface area (Å²) in [6.07, 6.45) is -7.96. The number of unbranched alkanes of at least 4 members (excludes halogenated alkanes) is 2. The highest BCUT2D eigenvalue weighted by molar-refractivity contribution is 5.00. The van der Waals surface area contributed by atoms with Crippen LogP contribution < -0.4 is 0 Å². The minimum Gasteiger partial charge on any atom is -0.200 e. The van der Waals surface area contributed by atoms with Crippen LogP contribution in [0.25, 0.3) is 10.4 Å². The van der Waals surface area contributed by atoms with Crippen molar-refractivity contribution in [3.63, 3.8) is 0 Å². The maximum atomic E-state index is 13.4. The molecule has 0 spiro atoms. The summed E-state index contributed by atoms with van der Waals surface area (Å²) in [4.78, 5) is 2.33. The first kappa shape index (κ1) is 22.7. The van der Waals surface area contributed by atoms with Gasteiger partial charge in [-0.2, -0.15) is 39.5 Å². The van der Waals surface area contributed by atoms with E-state index in [-0.39, 0.29) is 6.42 Å². The molecular weight excluding hydrogens is 357 g/mol. The second-order valence-corrected chi connectivity index (χ2v) is 5.24. The zero-order valence-electron chi connectivity index (χ0n) is 12.6. The van der Waals surface area contributed by atoms with E-state index < -0.39 is 42.8 Å². The molecule has 24 heavy (non-hydrogen) atoms. The quantitative estimate of drug-likeness (QED) is 0.138. The molecule has 0 aliphatic heterocycles. The molecular formula is C12H16F9N3. The zero-order chi connectivity index (χ0) is 19.2. The van der Waals surface area contributed by atoms with Crippen molar-refractivity contribution >= 4 is 0 Å². The second kappa shape index (κ2) is 8.17. The van der Waals surface area contributed by atoms with E-state index in [0.29, 0.717) is 12.8 Å². The molecule has 0 saturated heterocycles. The standard InChI is InChI=1S/C12H16F9N3/c1-2-3-4-5-8(23-24-22)6-7-9(13,14)10(15,16)11(17,18)12(19,20)21/h8H,2-7H2,1H3. The zero-order valence-corrected chi connectivity index (χ0v) is 12.6.